The smallest absolute Gasteiger partial charge is 0.289 e. The van der Waals surface area contributed by atoms with Gasteiger partial charge in [-0.25, -0.2) is 0 Å². The first-order chi connectivity index (χ1) is 11.1. The molecule has 0 radical (unpaired) electrons. The Balaban J connectivity index is 1.86. The van der Waals surface area contributed by atoms with Crippen LogP contribution in [0.4, 0.5) is 0 Å². The molecule has 1 amide bonds. The number of hydrogen-bond acceptors (Lipinski definition) is 3. The second kappa shape index (κ2) is 6.34. The van der Waals surface area contributed by atoms with Crippen molar-refractivity contribution in [2.75, 3.05) is 14.2 Å². The summed E-state index contributed by atoms with van der Waals surface area (Å²) < 4.78 is 10.9. The number of halogens is 1. The van der Waals surface area contributed by atoms with E-state index in [1.165, 1.54) is 0 Å². The highest BCUT2D eigenvalue weighted by molar-refractivity contribution is 6.31. The van der Waals surface area contributed by atoms with E-state index >= 15 is 0 Å². The minimum absolute atomic E-state index is 0.205. The van der Waals surface area contributed by atoms with Crippen LogP contribution < -0.4 is 4.74 Å². The van der Waals surface area contributed by atoms with Crippen molar-refractivity contribution >= 4 is 28.5 Å². The molecule has 0 aliphatic heterocycles. The minimum atomic E-state index is -0.205. The molecule has 2 aromatic carbocycles. The third-order valence-electron chi connectivity index (χ3n) is 3.65. The van der Waals surface area contributed by atoms with E-state index in [4.69, 9.17) is 20.8 Å². The Kier molecular flexibility index (Phi) is 4.26. The first kappa shape index (κ1) is 15.4. The number of carbonyl (C=O) groups is 1. The molecular formula is C18H16ClNO3. The maximum Gasteiger partial charge on any atom is 0.289 e. The number of para-hydroxylation sites is 1. The number of hydrogen-bond donors (Lipinski definition) is 0. The number of carbonyl (C=O) groups excluding carboxylic acids is 1. The molecule has 1 heterocycles. The van der Waals surface area contributed by atoms with Crippen LogP contribution >= 0.6 is 11.6 Å². The Labute approximate surface area is 139 Å². The van der Waals surface area contributed by atoms with E-state index in [0.717, 1.165) is 10.9 Å². The highest BCUT2D eigenvalue weighted by Crippen LogP contribution is 2.29. The van der Waals surface area contributed by atoms with Gasteiger partial charge in [-0.2, -0.15) is 0 Å². The Morgan fingerprint density at radius 1 is 1.22 bits per heavy atom. The lowest BCUT2D eigenvalue weighted by Crippen LogP contribution is -2.25. The molecule has 0 saturated carbocycles. The van der Waals surface area contributed by atoms with Crippen LogP contribution in [0.3, 0.4) is 0 Å². The zero-order valence-corrected chi connectivity index (χ0v) is 13.6. The topological polar surface area (TPSA) is 42.7 Å². The second-order valence-corrected chi connectivity index (χ2v) is 5.65. The number of ether oxygens (including phenoxy) is 1. The summed E-state index contributed by atoms with van der Waals surface area (Å²) in [6.07, 6.45) is 0. The zero-order valence-electron chi connectivity index (χ0n) is 12.9. The number of benzene rings is 2. The van der Waals surface area contributed by atoms with Crippen molar-refractivity contribution in [2.45, 2.75) is 6.54 Å². The van der Waals surface area contributed by atoms with Gasteiger partial charge in [0.05, 0.1) is 7.11 Å². The van der Waals surface area contributed by atoms with Crippen molar-refractivity contribution in [3.05, 3.63) is 64.9 Å². The third kappa shape index (κ3) is 3.03. The van der Waals surface area contributed by atoms with E-state index < -0.39 is 0 Å². The fourth-order valence-electron chi connectivity index (χ4n) is 2.44. The van der Waals surface area contributed by atoms with Crippen molar-refractivity contribution in [2.24, 2.45) is 0 Å². The first-order valence-electron chi connectivity index (χ1n) is 7.15. The highest BCUT2D eigenvalue weighted by atomic mass is 35.5. The van der Waals surface area contributed by atoms with Crippen LogP contribution in [-0.2, 0) is 6.54 Å². The van der Waals surface area contributed by atoms with Crippen molar-refractivity contribution < 1.29 is 13.9 Å². The Morgan fingerprint density at radius 2 is 2.00 bits per heavy atom. The molecular weight excluding hydrogens is 314 g/mol. The zero-order chi connectivity index (χ0) is 16.4. The molecule has 0 spiro atoms. The first-order valence-corrected chi connectivity index (χ1v) is 7.53. The summed E-state index contributed by atoms with van der Waals surface area (Å²) in [7, 11) is 3.29. The average Bonchev–Trinajstić information content (AvgIpc) is 3.00. The van der Waals surface area contributed by atoms with Gasteiger partial charge >= 0.3 is 0 Å². The summed E-state index contributed by atoms with van der Waals surface area (Å²) in [4.78, 5) is 14.2. The summed E-state index contributed by atoms with van der Waals surface area (Å²) in [5.41, 5.74) is 1.46. The van der Waals surface area contributed by atoms with E-state index in [9.17, 15) is 4.79 Å². The number of furan rings is 1. The summed E-state index contributed by atoms with van der Waals surface area (Å²) in [6, 6.07) is 14.7. The van der Waals surface area contributed by atoms with E-state index in [1.54, 1.807) is 37.3 Å². The van der Waals surface area contributed by atoms with Gasteiger partial charge in [-0.15, -0.1) is 0 Å². The van der Waals surface area contributed by atoms with Crippen LogP contribution in [0.15, 0.2) is 52.9 Å². The molecule has 0 atom stereocenters. The molecule has 0 saturated heterocycles. The van der Waals surface area contributed by atoms with E-state index in [-0.39, 0.29) is 11.7 Å². The molecule has 118 valence electrons. The Hall–Kier alpha value is -2.46. The van der Waals surface area contributed by atoms with Crippen LogP contribution in [0.1, 0.15) is 16.1 Å². The van der Waals surface area contributed by atoms with Gasteiger partial charge in [-0.05, 0) is 23.8 Å². The number of rotatable bonds is 4. The molecule has 23 heavy (non-hydrogen) atoms. The number of fused-ring (bicyclic) bond motifs is 1. The predicted octanol–water partition coefficient (Wildman–Crippen LogP) is 4.37. The second-order valence-electron chi connectivity index (χ2n) is 5.24. The van der Waals surface area contributed by atoms with Gasteiger partial charge in [0.2, 0.25) is 0 Å². The summed E-state index contributed by atoms with van der Waals surface area (Å²) in [6.45, 7) is 0.409. The standard InChI is InChI=1S/C18H16ClNO3/c1-20(11-13-6-3-4-8-14(13)19)18(21)16-10-12-7-5-9-15(22-2)17(12)23-16/h3-10H,11H2,1-2H3. The van der Waals surface area contributed by atoms with Crippen molar-refractivity contribution in [1.82, 2.24) is 4.90 Å². The van der Waals surface area contributed by atoms with Crippen LogP contribution in [-0.4, -0.2) is 25.0 Å². The van der Waals surface area contributed by atoms with Gasteiger partial charge in [0.1, 0.15) is 0 Å². The molecule has 4 nitrogen and oxygen atoms in total. The number of methoxy groups -OCH3 is 1. The molecule has 3 aromatic rings. The molecule has 0 aliphatic rings. The fraction of sp³-hybridized carbons (Fsp3) is 0.167. The molecule has 1 aromatic heterocycles. The number of amides is 1. The minimum Gasteiger partial charge on any atom is -0.493 e. The van der Waals surface area contributed by atoms with Crippen molar-refractivity contribution in [3.8, 4) is 5.75 Å². The third-order valence-corrected chi connectivity index (χ3v) is 4.02. The van der Waals surface area contributed by atoms with Gasteiger partial charge in [0.25, 0.3) is 5.91 Å². The molecule has 0 aliphatic carbocycles. The maximum atomic E-state index is 12.6. The monoisotopic (exact) mass is 329 g/mol. The molecule has 0 unspecified atom stereocenters. The van der Waals surface area contributed by atoms with E-state index in [2.05, 4.69) is 0 Å². The summed E-state index contributed by atoms with van der Waals surface area (Å²) in [5.74, 6) is 0.678. The molecule has 3 rings (SSSR count). The summed E-state index contributed by atoms with van der Waals surface area (Å²) in [5, 5.41) is 1.47. The molecule has 0 bridgehead atoms. The predicted molar refractivity (Wildman–Crippen MR) is 90.0 cm³/mol. The van der Waals surface area contributed by atoms with Gasteiger partial charge < -0.3 is 14.1 Å². The SMILES string of the molecule is COc1cccc2cc(C(=O)N(C)Cc3ccccc3Cl)oc12. The number of nitrogens with zero attached hydrogens (tertiary/aromatic N) is 1. The Bertz CT molecular complexity index is 856. The lowest BCUT2D eigenvalue weighted by molar-refractivity contribution is 0.0756. The van der Waals surface area contributed by atoms with E-state index in [0.29, 0.717) is 22.9 Å². The van der Waals surface area contributed by atoms with Crippen LogP contribution in [0.5, 0.6) is 5.75 Å². The molecule has 0 fully saturated rings. The van der Waals surface area contributed by atoms with Crippen LogP contribution in [0.25, 0.3) is 11.0 Å². The average molecular weight is 330 g/mol. The van der Waals surface area contributed by atoms with Gasteiger partial charge in [0, 0.05) is 24.0 Å². The Morgan fingerprint density at radius 3 is 2.74 bits per heavy atom. The normalized spacial score (nSPS) is 10.7. The van der Waals surface area contributed by atoms with Crippen molar-refractivity contribution in [3.63, 3.8) is 0 Å². The van der Waals surface area contributed by atoms with Crippen LogP contribution in [0.2, 0.25) is 5.02 Å². The lowest BCUT2D eigenvalue weighted by atomic mass is 10.2. The maximum absolute atomic E-state index is 12.6. The van der Waals surface area contributed by atoms with E-state index in [1.807, 2.05) is 30.3 Å². The largest absolute Gasteiger partial charge is 0.493 e. The molecule has 5 heteroatoms. The van der Waals surface area contributed by atoms with Crippen molar-refractivity contribution in [1.29, 1.82) is 0 Å². The lowest BCUT2D eigenvalue weighted by Gasteiger charge is -2.16. The van der Waals surface area contributed by atoms with Gasteiger partial charge in [-0.3, -0.25) is 4.79 Å². The fourth-order valence-corrected chi connectivity index (χ4v) is 2.64. The van der Waals surface area contributed by atoms with Gasteiger partial charge in [-0.1, -0.05) is 41.9 Å². The highest BCUT2D eigenvalue weighted by Gasteiger charge is 2.19. The van der Waals surface area contributed by atoms with Crippen LogP contribution in [0, 0.1) is 0 Å². The van der Waals surface area contributed by atoms with Gasteiger partial charge in [0.15, 0.2) is 17.1 Å². The summed E-state index contributed by atoms with van der Waals surface area (Å²) >= 11 is 6.14. The molecule has 0 N–H and O–H groups in total. The quantitative estimate of drug-likeness (QED) is 0.714.